The first-order chi connectivity index (χ1) is 14.2. The lowest BCUT2D eigenvalue weighted by Gasteiger charge is -2.31. The van der Waals surface area contributed by atoms with E-state index in [9.17, 15) is 13.2 Å². The molecule has 8 heteroatoms. The second kappa shape index (κ2) is 10.3. The van der Waals surface area contributed by atoms with Crippen molar-refractivity contribution in [3.63, 3.8) is 0 Å². The molecule has 0 unspecified atom stereocenters. The van der Waals surface area contributed by atoms with Gasteiger partial charge in [-0.05, 0) is 56.7 Å². The zero-order valence-electron chi connectivity index (χ0n) is 18.1. The fraction of sp³-hybridized carbons (Fsp3) is 0.409. The Hall–Kier alpha value is -2.74. The van der Waals surface area contributed by atoms with Gasteiger partial charge in [0.05, 0.1) is 25.1 Å². The number of benzene rings is 2. The molecule has 0 aliphatic heterocycles. The SMILES string of the molecule is CC[C@@H](C(=O)N[C@@H](C)COc1ccc(OC)cc1)N(c1ccc(C)cc1)S(C)(=O)=O. The molecule has 7 nitrogen and oxygen atoms in total. The molecule has 0 spiro atoms. The summed E-state index contributed by atoms with van der Waals surface area (Å²) in [6.45, 7) is 5.76. The smallest absolute Gasteiger partial charge is 0.244 e. The average Bonchev–Trinajstić information content (AvgIpc) is 2.70. The maximum Gasteiger partial charge on any atom is 0.244 e. The summed E-state index contributed by atoms with van der Waals surface area (Å²) in [5.41, 5.74) is 1.47. The van der Waals surface area contributed by atoms with E-state index in [0.29, 0.717) is 17.9 Å². The number of carbonyl (C=O) groups is 1. The number of sulfonamides is 1. The van der Waals surface area contributed by atoms with Crippen LogP contribution in [-0.4, -0.2) is 46.4 Å². The molecule has 0 radical (unpaired) electrons. The first kappa shape index (κ1) is 23.5. The van der Waals surface area contributed by atoms with Gasteiger partial charge in [0.15, 0.2) is 0 Å². The molecular formula is C22H30N2O5S. The lowest BCUT2D eigenvalue weighted by molar-refractivity contribution is -0.123. The summed E-state index contributed by atoms with van der Waals surface area (Å²) >= 11 is 0. The lowest BCUT2D eigenvalue weighted by Crippen LogP contribution is -2.52. The van der Waals surface area contributed by atoms with Gasteiger partial charge in [0.25, 0.3) is 0 Å². The van der Waals surface area contributed by atoms with Gasteiger partial charge in [-0.25, -0.2) is 8.42 Å². The minimum absolute atomic E-state index is 0.248. The number of rotatable bonds is 10. The quantitative estimate of drug-likeness (QED) is 0.621. The molecule has 0 aliphatic carbocycles. The van der Waals surface area contributed by atoms with Crippen molar-refractivity contribution in [1.29, 1.82) is 0 Å². The molecule has 2 rings (SSSR count). The molecule has 2 aromatic carbocycles. The van der Waals surface area contributed by atoms with Crippen LogP contribution in [0.15, 0.2) is 48.5 Å². The molecule has 0 saturated carbocycles. The molecule has 0 heterocycles. The van der Waals surface area contributed by atoms with Crippen LogP contribution in [0.1, 0.15) is 25.8 Å². The van der Waals surface area contributed by atoms with Crippen molar-refractivity contribution in [2.75, 3.05) is 24.3 Å². The Morgan fingerprint density at radius 1 is 1.07 bits per heavy atom. The molecule has 1 N–H and O–H groups in total. The summed E-state index contributed by atoms with van der Waals surface area (Å²) in [5, 5.41) is 2.86. The summed E-state index contributed by atoms with van der Waals surface area (Å²) in [4.78, 5) is 12.9. The maximum atomic E-state index is 12.9. The van der Waals surface area contributed by atoms with Gasteiger partial charge in [-0.2, -0.15) is 0 Å². The Labute approximate surface area is 179 Å². The molecule has 0 fully saturated rings. The van der Waals surface area contributed by atoms with Gasteiger partial charge < -0.3 is 14.8 Å². The number of amides is 1. The Kier molecular flexibility index (Phi) is 8.11. The van der Waals surface area contributed by atoms with Gasteiger partial charge in [0.2, 0.25) is 15.9 Å². The summed E-state index contributed by atoms with van der Waals surface area (Å²) in [6, 6.07) is 13.0. The highest BCUT2D eigenvalue weighted by Gasteiger charge is 2.32. The van der Waals surface area contributed by atoms with Crippen LogP contribution in [0.2, 0.25) is 0 Å². The van der Waals surface area contributed by atoms with Crippen LogP contribution in [0.3, 0.4) is 0 Å². The normalized spacial score (nSPS) is 13.2. The summed E-state index contributed by atoms with van der Waals surface area (Å²) in [7, 11) is -2.06. The van der Waals surface area contributed by atoms with Crippen LogP contribution in [0.5, 0.6) is 11.5 Å². The first-order valence-electron chi connectivity index (χ1n) is 9.79. The van der Waals surface area contributed by atoms with E-state index < -0.39 is 16.1 Å². The number of carbonyl (C=O) groups excluding carboxylic acids is 1. The van der Waals surface area contributed by atoms with E-state index in [-0.39, 0.29) is 18.6 Å². The molecule has 2 atom stereocenters. The number of methoxy groups -OCH3 is 1. The van der Waals surface area contributed by atoms with Crippen LogP contribution >= 0.6 is 0 Å². The zero-order chi connectivity index (χ0) is 22.3. The zero-order valence-corrected chi connectivity index (χ0v) is 18.9. The van der Waals surface area contributed by atoms with Crippen molar-refractivity contribution in [3.05, 3.63) is 54.1 Å². The van der Waals surface area contributed by atoms with Gasteiger partial charge in [0.1, 0.15) is 24.1 Å². The van der Waals surface area contributed by atoms with E-state index in [1.807, 2.05) is 26.0 Å². The van der Waals surface area contributed by atoms with Crippen molar-refractivity contribution in [2.45, 2.75) is 39.3 Å². The monoisotopic (exact) mass is 434 g/mol. The molecule has 0 saturated heterocycles. The Balaban J connectivity index is 2.07. The van der Waals surface area contributed by atoms with Crippen molar-refractivity contribution >= 4 is 21.6 Å². The third-order valence-corrected chi connectivity index (χ3v) is 5.75. The third-order valence-electron chi connectivity index (χ3n) is 4.57. The Bertz CT molecular complexity index is 927. The molecule has 0 aliphatic rings. The second-order valence-electron chi connectivity index (χ2n) is 7.21. The molecule has 0 bridgehead atoms. The van der Waals surface area contributed by atoms with Crippen LogP contribution in [-0.2, 0) is 14.8 Å². The van der Waals surface area contributed by atoms with Gasteiger partial charge in [-0.3, -0.25) is 9.10 Å². The average molecular weight is 435 g/mol. The summed E-state index contributed by atoms with van der Waals surface area (Å²) < 4.78 is 37.0. The Morgan fingerprint density at radius 2 is 1.63 bits per heavy atom. The molecular weight excluding hydrogens is 404 g/mol. The fourth-order valence-corrected chi connectivity index (χ4v) is 4.24. The predicted molar refractivity (Wildman–Crippen MR) is 119 cm³/mol. The van der Waals surface area contributed by atoms with E-state index >= 15 is 0 Å². The highest BCUT2D eigenvalue weighted by Crippen LogP contribution is 2.23. The minimum Gasteiger partial charge on any atom is -0.497 e. The second-order valence-corrected chi connectivity index (χ2v) is 9.07. The number of nitrogens with one attached hydrogen (secondary N) is 1. The van der Waals surface area contributed by atoms with E-state index in [2.05, 4.69) is 5.32 Å². The van der Waals surface area contributed by atoms with E-state index in [1.165, 1.54) is 4.31 Å². The van der Waals surface area contributed by atoms with E-state index in [4.69, 9.17) is 9.47 Å². The van der Waals surface area contributed by atoms with Crippen molar-refractivity contribution in [3.8, 4) is 11.5 Å². The van der Waals surface area contributed by atoms with Gasteiger partial charge in [0, 0.05) is 0 Å². The van der Waals surface area contributed by atoms with Crippen LogP contribution in [0, 0.1) is 6.92 Å². The first-order valence-corrected chi connectivity index (χ1v) is 11.6. The third kappa shape index (κ3) is 6.38. The largest absolute Gasteiger partial charge is 0.497 e. The highest BCUT2D eigenvalue weighted by molar-refractivity contribution is 7.92. The highest BCUT2D eigenvalue weighted by atomic mass is 32.2. The molecule has 164 valence electrons. The standard InChI is InChI=1S/C22H30N2O5S/c1-6-21(24(30(5,26)27)18-9-7-16(2)8-10-18)22(25)23-17(3)15-29-20-13-11-19(28-4)12-14-20/h7-14,17,21H,6,15H2,1-5H3,(H,23,25)/t17-,21-/m0/s1. The Morgan fingerprint density at radius 3 is 2.13 bits per heavy atom. The maximum absolute atomic E-state index is 12.9. The van der Waals surface area contributed by atoms with Crippen molar-refractivity contribution in [1.82, 2.24) is 5.32 Å². The van der Waals surface area contributed by atoms with Gasteiger partial charge in [-0.1, -0.05) is 24.6 Å². The number of anilines is 1. The number of aryl methyl sites for hydroxylation is 1. The topological polar surface area (TPSA) is 84.9 Å². The predicted octanol–water partition coefficient (Wildman–Crippen LogP) is 3.13. The lowest BCUT2D eigenvalue weighted by atomic mass is 10.1. The number of hydrogen-bond acceptors (Lipinski definition) is 5. The fourth-order valence-electron chi connectivity index (χ4n) is 3.03. The van der Waals surface area contributed by atoms with E-state index in [1.54, 1.807) is 50.4 Å². The van der Waals surface area contributed by atoms with Crippen molar-refractivity contribution < 1.29 is 22.7 Å². The van der Waals surface area contributed by atoms with Crippen molar-refractivity contribution in [2.24, 2.45) is 0 Å². The summed E-state index contributed by atoms with van der Waals surface area (Å²) in [5.74, 6) is 1.02. The van der Waals surface area contributed by atoms with Crippen LogP contribution < -0.4 is 19.1 Å². The van der Waals surface area contributed by atoms with Crippen LogP contribution in [0.25, 0.3) is 0 Å². The molecule has 1 amide bonds. The number of hydrogen-bond donors (Lipinski definition) is 1. The minimum atomic E-state index is -3.66. The molecule has 0 aromatic heterocycles. The van der Waals surface area contributed by atoms with E-state index in [0.717, 1.165) is 17.6 Å². The van der Waals surface area contributed by atoms with Crippen LogP contribution in [0.4, 0.5) is 5.69 Å². The van der Waals surface area contributed by atoms with Gasteiger partial charge >= 0.3 is 0 Å². The molecule has 30 heavy (non-hydrogen) atoms. The van der Waals surface area contributed by atoms with Gasteiger partial charge in [-0.15, -0.1) is 0 Å². The number of nitrogens with zero attached hydrogens (tertiary/aromatic N) is 1. The molecule has 2 aromatic rings. The number of ether oxygens (including phenoxy) is 2. The summed E-state index contributed by atoms with van der Waals surface area (Å²) in [6.07, 6.45) is 1.44.